The van der Waals surface area contributed by atoms with Gasteiger partial charge in [0.25, 0.3) is 0 Å². The number of methoxy groups -OCH3 is 2. The summed E-state index contributed by atoms with van der Waals surface area (Å²) >= 11 is 6.33. The lowest BCUT2D eigenvalue weighted by Crippen LogP contribution is -2.48. The van der Waals surface area contributed by atoms with Crippen LogP contribution < -0.4 is 9.47 Å². The van der Waals surface area contributed by atoms with Crippen LogP contribution in [-0.2, 0) is 4.79 Å². The number of nitrogens with zero attached hydrogens (tertiary/aromatic N) is 4. The Balaban J connectivity index is 1.33. The Morgan fingerprint density at radius 3 is 2.41 bits per heavy atom. The summed E-state index contributed by atoms with van der Waals surface area (Å²) in [6.45, 7) is 3.95. The van der Waals surface area contributed by atoms with Crippen molar-refractivity contribution in [2.75, 3.05) is 46.9 Å². The Bertz CT molecular complexity index is 1420. The van der Waals surface area contributed by atoms with E-state index in [1.807, 2.05) is 70.2 Å². The molecule has 5 rings (SSSR count). The van der Waals surface area contributed by atoms with E-state index in [0.29, 0.717) is 36.0 Å². The van der Waals surface area contributed by atoms with Crippen molar-refractivity contribution in [2.24, 2.45) is 0 Å². The fraction of sp³-hybridized carbons (Fsp3) is 0.290. The first-order valence-electron chi connectivity index (χ1n) is 13.1. The zero-order chi connectivity index (χ0) is 27.2. The monoisotopic (exact) mass is 544 g/mol. The Morgan fingerprint density at radius 1 is 1.00 bits per heavy atom. The number of pyridine rings is 1. The van der Waals surface area contributed by atoms with Gasteiger partial charge in [0.05, 0.1) is 24.9 Å². The van der Waals surface area contributed by atoms with E-state index in [0.717, 1.165) is 36.5 Å². The molecule has 1 aliphatic heterocycles. The molecule has 2 aromatic carbocycles. The SMILES string of the molecule is COc1cc(OC)cc(C(CC(=O)N2CCN(CC=Cc3ccccc3)CC2)c2cnc3ccc(Cl)cn23)c1. The van der Waals surface area contributed by atoms with Crippen LogP contribution in [0.15, 0.2) is 79.1 Å². The molecule has 7 nitrogen and oxygen atoms in total. The Kier molecular flexibility index (Phi) is 8.49. The van der Waals surface area contributed by atoms with Crippen molar-refractivity contribution in [1.82, 2.24) is 19.2 Å². The minimum atomic E-state index is -0.262. The summed E-state index contributed by atoms with van der Waals surface area (Å²) < 4.78 is 13.0. The number of halogens is 1. The lowest BCUT2D eigenvalue weighted by atomic mass is 9.91. The van der Waals surface area contributed by atoms with Gasteiger partial charge in [0, 0.05) is 63.5 Å². The number of fused-ring (bicyclic) bond motifs is 1. The highest BCUT2D eigenvalue weighted by atomic mass is 35.5. The molecule has 0 spiro atoms. The molecule has 3 heterocycles. The summed E-state index contributed by atoms with van der Waals surface area (Å²) in [4.78, 5) is 22.6. The van der Waals surface area contributed by atoms with Crippen LogP contribution >= 0.6 is 11.6 Å². The smallest absolute Gasteiger partial charge is 0.223 e. The molecule has 0 saturated carbocycles. The van der Waals surface area contributed by atoms with Gasteiger partial charge in [0.1, 0.15) is 17.1 Å². The first-order valence-corrected chi connectivity index (χ1v) is 13.5. The summed E-state index contributed by atoms with van der Waals surface area (Å²) in [6.07, 6.45) is 8.30. The maximum absolute atomic E-state index is 13.7. The van der Waals surface area contributed by atoms with Gasteiger partial charge in [-0.2, -0.15) is 0 Å². The van der Waals surface area contributed by atoms with Crippen molar-refractivity contribution in [1.29, 1.82) is 0 Å². The molecule has 8 heteroatoms. The number of carbonyl (C=O) groups excluding carboxylic acids is 1. The molecule has 2 aromatic heterocycles. The van der Waals surface area contributed by atoms with Crippen LogP contribution in [0.2, 0.25) is 5.02 Å². The van der Waals surface area contributed by atoms with Gasteiger partial charge in [0.2, 0.25) is 5.91 Å². The number of ether oxygens (including phenoxy) is 2. The van der Waals surface area contributed by atoms with Crippen LogP contribution in [0.3, 0.4) is 0 Å². The Morgan fingerprint density at radius 2 is 1.72 bits per heavy atom. The molecule has 4 aromatic rings. The number of piperazine rings is 1. The van der Waals surface area contributed by atoms with Crippen LogP contribution in [0.25, 0.3) is 11.7 Å². The minimum Gasteiger partial charge on any atom is -0.497 e. The van der Waals surface area contributed by atoms with Crippen molar-refractivity contribution < 1.29 is 14.3 Å². The van der Waals surface area contributed by atoms with Gasteiger partial charge < -0.3 is 18.8 Å². The van der Waals surface area contributed by atoms with Crippen LogP contribution in [-0.4, -0.2) is 72.0 Å². The maximum atomic E-state index is 13.7. The van der Waals surface area contributed by atoms with E-state index < -0.39 is 0 Å². The zero-order valence-electron chi connectivity index (χ0n) is 22.3. The zero-order valence-corrected chi connectivity index (χ0v) is 23.1. The number of hydrogen-bond donors (Lipinski definition) is 0. The largest absolute Gasteiger partial charge is 0.497 e. The van der Waals surface area contributed by atoms with Gasteiger partial charge in [-0.3, -0.25) is 9.69 Å². The molecule has 1 saturated heterocycles. The van der Waals surface area contributed by atoms with Crippen LogP contribution in [0.5, 0.6) is 11.5 Å². The van der Waals surface area contributed by atoms with Gasteiger partial charge in [-0.15, -0.1) is 0 Å². The van der Waals surface area contributed by atoms with Crippen molar-refractivity contribution in [3.8, 4) is 11.5 Å². The van der Waals surface area contributed by atoms with E-state index in [9.17, 15) is 4.79 Å². The molecule has 1 aliphatic rings. The van der Waals surface area contributed by atoms with Crippen molar-refractivity contribution in [3.63, 3.8) is 0 Å². The third-order valence-electron chi connectivity index (χ3n) is 7.21. The molecule has 202 valence electrons. The molecule has 39 heavy (non-hydrogen) atoms. The average molecular weight is 545 g/mol. The summed E-state index contributed by atoms with van der Waals surface area (Å²) in [5.74, 6) is 1.19. The van der Waals surface area contributed by atoms with Gasteiger partial charge in [0.15, 0.2) is 0 Å². The molecule has 0 aliphatic carbocycles. The van der Waals surface area contributed by atoms with Gasteiger partial charge >= 0.3 is 0 Å². The summed E-state index contributed by atoms with van der Waals surface area (Å²) in [7, 11) is 3.25. The fourth-order valence-electron chi connectivity index (χ4n) is 5.04. The van der Waals surface area contributed by atoms with Gasteiger partial charge in [-0.05, 0) is 35.4 Å². The topological polar surface area (TPSA) is 59.3 Å². The van der Waals surface area contributed by atoms with E-state index >= 15 is 0 Å². The number of imidazole rings is 1. The number of hydrogen-bond acceptors (Lipinski definition) is 5. The second kappa shape index (κ2) is 12.4. The quantitative estimate of drug-likeness (QED) is 0.283. The normalized spacial score (nSPS) is 15.1. The molecular weight excluding hydrogens is 512 g/mol. The standard InChI is InChI=1S/C31H33ClN4O3/c1-38-26-17-24(18-27(19-26)39-2)28(29-21-33-30-11-10-25(32)22-36(29)30)20-31(37)35-15-13-34(14-16-35)12-6-9-23-7-4-3-5-8-23/h3-11,17-19,21-22,28H,12-16,20H2,1-2H3. The highest BCUT2D eigenvalue weighted by molar-refractivity contribution is 6.30. The van der Waals surface area contributed by atoms with E-state index in [1.165, 1.54) is 5.56 Å². The molecule has 0 radical (unpaired) electrons. The van der Waals surface area contributed by atoms with E-state index in [1.54, 1.807) is 14.2 Å². The molecule has 1 amide bonds. The number of rotatable bonds is 9. The lowest BCUT2D eigenvalue weighted by Gasteiger charge is -2.35. The highest BCUT2D eigenvalue weighted by Gasteiger charge is 2.27. The van der Waals surface area contributed by atoms with Crippen molar-refractivity contribution >= 4 is 29.2 Å². The molecular formula is C31H33ClN4O3. The predicted molar refractivity (Wildman–Crippen MR) is 155 cm³/mol. The summed E-state index contributed by atoms with van der Waals surface area (Å²) in [5, 5.41) is 0.604. The first kappa shape index (κ1) is 26.8. The third kappa shape index (κ3) is 6.44. The van der Waals surface area contributed by atoms with Crippen molar-refractivity contribution in [2.45, 2.75) is 12.3 Å². The Hall–Kier alpha value is -3.81. The maximum Gasteiger partial charge on any atom is 0.223 e. The summed E-state index contributed by atoms with van der Waals surface area (Å²) in [6, 6.07) is 19.7. The van der Waals surface area contributed by atoms with Gasteiger partial charge in [-0.25, -0.2) is 4.98 Å². The molecule has 1 unspecified atom stereocenters. The first-order chi connectivity index (χ1) is 19.0. The van der Waals surface area contributed by atoms with Crippen LogP contribution in [0.1, 0.15) is 29.2 Å². The lowest BCUT2D eigenvalue weighted by molar-refractivity contribution is -0.133. The predicted octanol–water partition coefficient (Wildman–Crippen LogP) is 5.38. The van der Waals surface area contributed by atoms with E-state index in [2.05, 4.69) is 34.2 Å². The average Bonchev–Trinajstić information content (AvgIpc) is 3.39. The summed E-state index contributed by atoms with van der Waals surface area (Å²) in [5.41, 5.74) is 3.78. The van der Waals surface area contributed by atoms with Crippen molar-refractivity contribution in [3.05, 3.63) is 101 Å². The van der Waals surface area contributed by atoms with E-state index in [4.69, 9.17) is 21.1 Å². The number of amides is 1. The molecule has 1 fully saturated rings. The fourth-order valence-corrected chi connectivity index (χ4v) is 5.20. The van der Waals surface area contributed by atoms with E-state index in [-0.39, 0.29) is 11.8 Å². The second-order valence-electron chi connectivity index (χ2n) is 9.66. The molecule has 1 atom stereocenters. The van der Waals surface area contributed by atoms with Crippen LogP contribution in [0.4, 0.5) is 0 Å². The number of carbonyl (C=O) groups is 1. The minimum absolute atomic E-state index is 0.109. The highest BCUT2D eigenvalue weighted by Crippen LogP contribution is 2.35. The third-order valence-corrected chi connectivity index (χ3v) is 7.43. The second-order valence-corrected chi connectivity index (χ2v) is 10.1. The molecule has 0 N–H and O–H groups in total. The number of aromatic nitrogens is 2. The van der Waals surface area contributed by atoms with Crippen LogP contribution in [0, 0.1) is 0 Å². The number of benzene rings is 2. The Labute approximate surface area is 234 Å². The van der Waals surface area contributed by atoms with Gasteiger partial charge in [-0.1, -0.05) is 54.1 Å². The molecule has 0 bridgehead atoms.